The number of hydrogen-bond donors (Lipinski definition) is 1. The van der Waals surface area contributed by atoms with Crippen molar-refractivity contribution in [3.63, 3.8) is 0 Å². The highest BCUT2D eigenvalue weighted by atomic mass is 19.1. The summed E-state index contributed by atoms with van der Waals surface area (Å²) in [6, 6.07) is 2.96. The van der Waals surface area contributed by atoms with E-state index in [2.05, 4.69) is 4.98 Å². The topological polar surface area (TPSA) is 43.8 Å². The van der Waals surface area contributed by atoms with Crippen molar-refractivity contribution in [3.05, 3.63) is 23.8 Å². The minimum atomic E-state index is -0.393. The van der Waals surface area contributed by atoms with E-state index in [1.165, 1.54) is 6.07 Å². The molecule has 1 heterocycles. The highest BCUT2D eigenvalue weighted by Gasteiger charge is 2.07. The van der Waals surface area contributed by atoms with E-state index in [9.17, 15) is 4.39 Å². The first-order valence-corrected chi connectivity index (χ1v) is 3.97. The van der Waals surface area contributed by atoms with Crippen LogP contribution in [0, 0.1) is 12.7 Å². The van der Waals surface area contributed by atoms with E-state index in [1.807, 2.05) is 18.5 Å². The van der Waals surface area contributed by atoms with Crippen molar-refractivity contribution in [1.29, 1.82) is 0 Å². The predicted molar refractivity (Wildman–Crippen MR) is 49.8 cm³/mol. The lowest BCUT2D eigenvalue weighted by Crippen LogP contribution is -1.93. The van der Waals surface area contributed by atoms with Crippen LogP contribution in [0.1, 0.15) is 5.82 Å². The van der Waals surface area contributed by atoms with Crippen molar-refractivity contribution < 1.29 is 4.39 Å². The first-order chi connectivity index (χ1) is 6.09. The SMILES string of the molecule is Cc1nc2cc(N)c(F)cc2n1C. The molecule has 4 heteroatoms. The van der Waals surface area contributed by atoms with Gasteiger partial charge in [-0.25, -0.2) is 9.37 Å². The van der Waals surface area contributed by atoms with E-state index in [1.54, 1.807) is 6.07 Å². The third-order valence-electron chi connectivity index (χ3n) is 2.22. The summed E-state index contributed by atoms with van der Waals surface area (Å²) in [7, 11) is 1.85. The molecule has 68 valence electrons. The molecule has 0 radical (unpaired) electrons. The van der Waals surface area contributed by atoms with E-state index < -0.39 is 5.82 Å². The van der Waals surface area contributed by atoms with Gasteiger partial charge in [0.15, 0.2) is 0 Å². The predicted octanol–water partition coefficient (Wildman–Crippen LogP) is 1.60. The maximum atomic E-state index is 13.1. The molecule has 1 aromatic heterocycles. The second-order valence-electron chi connectivity index (χ2n) is 3.08. The number of halogens is 1. The van der Waals surface area contributed by atoms with Gasteiger partial charge in [0.1, 0.15) is 11.6 Å². The Morgan fingerprint density at radius 3 is 2.85 bits per heavy atom. The Morgan fingerprint density at radius 1 is 1.46 bits per heavy atom. The smallest absolute Gasteiger partial charge is 0.148 e. The zero-order valence-electron chi connectivity index (χ0n) is 7.50. The van der Waals surface area contributed by atoms with Gasteiger partial charge in [0, 0.05) is 13.1 Å². The van der Waals surface area contributed by atoms with Crippen LogP contribution in [0.4, 0.5) is 10.1 Å². The first-order valence-electron chi connectivity index (χ1n) is 3.97. The molecule has 0 unspecified atom stereocenters. The average molecular weight is 179 g/mol. The lowest BCUT2D eigenvalue weighted by molar-refractivity contribution is 0.633. The number of imidazole rings is 1. The molecule has 2 N–H and O–H groups in total. The highest BCUT2D eigenvalue weighted by molar-refractivity contribution is 5.79. The van der Waals surface area contributed by atoms with Crippen LogP contribution < -0.4 is 5.73 Å². The molecule has 1 aromatic carbocycles. The largest absolute Gasteiger partial charge is 0.396 e. The molecule has 0 saturated heterocycles. The molecule has 3 nitrogen and oxygen atoms in total. The van der Waals surface area contributed by atoms with Gasteiger partial charge in [0.25, 0.3) is 0 Å². The van der Waals surface area contributed by atoms with Gasteiger partial charge in [-0.3, -0.25) is 0 Å². The van der Waals surface area contributed by atoms with Gasteiger partial charge in [0.05, 0.1) is 16.7 Å². The number of rotatable bonds is 0. The molecular weight excluding hydrogens is 169 g/mol. The van der Waals surface area contributed by atoms with Crippen LogP contribution in [0.5, 0.6) is 0 Å². The molecule has 0 aliphatic heterocycles. The molecule has 2 aromatic rings. The zero-order chi connectivity index (χ0) is 9.59. The van der Waals surface area contributed by atoms with Gasteiger partial charge >= 0.3 is 0 Å². The minimum absolute atomic E-state index is 0.144. The first kappa shape index (κ1) is 8.04. The molecule has 0 aliphatic rings. The second kappa shape index (κ2) is 2.45. The number of aryl methyl sites for hydroxylation is 2. The molecular formula is C9H10FN3. The van der Waals surface area contributed by atoms with Gasteiger partial charge in [-0.1, -0.05) is 0 Å². The quantitative estimate of drug-likeness (QED) is 0.624. The van der Waals surface area contributed by atoms with Gasteiger partial charge in [-0.05, 0) is 13.0 Å². The van der Waals surface area contributed by atoms with Crippen LogP contribution in [0.3, 0.4) is 0 Å². The third kappa shape index (κ3) is 1.06. The summed E-state index contributed by atoms with van der Waals surface area (Å²) in [4.78, 5) is 4.23. The van der Waals surface area contributed by atoms with Crippen molar-refractivity contribution in [2.24, 2.45) is 7.05 Å². The van der Waals surface area contributed by atoms with E-state index in [-0.39, 0.29) is 5.69 Å². The lowest BCUT2D eigenvalue weighted by Gasteiger charge is -1.98. The molecule has 2 rings (SSSR count). The third-order valence-corrected chi connectivity index (χ3v) is 2.22. The fraction of sp³-hybridized carbons (Fsp3) is 0.222. The number of benzene rings is 1. The van der Waals surface area contributed by atoms with Crippen molar-refractivity contribution in [3.8, 4) is 0 Å². The van der Waals surface area contributed by atoms with Crippen molar-refractivity contribution in [2.45, 2.75) is 6.92 Å². The fourth-order valence-electron chi connectivity index (χ4n) is 1.35. The normalized spacial score (nSPS) is 11.0. The number of nitrogens with two attached hydrogens (primary N) is 1. The van der Waals surface area contributed by atoms with Gasteiger partial charge < -0.3 is 10.3 Å². The van der Waals surface area contributed by atoms with Crippen LogP contribution in [0.15, 0.2) is 12.1 Å². The molecule has 0 atom stereocenters. The Kier molecular flexibility index (Phi) is 1.52. The molecule has 0 saturated carbocycles. The maximum Gasteiger partial charge on any atom is 0.148 e. The molecule has 0 spiro atoms. The van der Waals surface area contributed by atoms with Crippen LogP contribution in [0.25, 0.3) is 11.0 Å². The standard InChI is InChI=1S/C9H10FN3/c1-5-12-8-4-7(11)6(10)3-9(8)13(5)2/h3-4H,11H2,1-2H3. The summed E-state index contributed by atoms with van der Waals surface area (Å²) < 4.78 is 14.9. The zero-order valence-corrected chi connectivity index (χ0v) is 7.50. The van der Waals surface area contributed by atoms with E-state index in [4.69, 9.17) is 5.73 Å². The lowest BCUT2D eigenvalue weighted by atomic mass is 10.2. The van der Waals surface area contributed by atoms with Crippen molar-refractivity contribution in [2.75, 3.05) is 5.73 Å². The van der Waals surface area contributed by atoms with Gasteiger partial charge in [0.2, 0.25) is 0 Å². The number of nitrogen functional groups attached to an aromatic ring is 1. The summed E-state index contributed by atoms with van der Waals surface area (Å²) in [5.41, 5.74) is 7.07. The van der Waals surface area contributed by atoms with Gasteiger partial charge in [-0.2, -0.15) is 0 Å². The van der Waals surface area contributed by atoms with Crippen molar-refractivity contribution in [1.82, 2.24) is 9.55 Å². The fourth-order valence-corrected chi connectivity index (χ4v) is 1.35. The summed E-state index contributed by atoms with van der Waals surface area (Å²) in [5, 5.41) is 0. The molecule has 0 aliphatic carbocycles. The summed E-state index contributed by atoms with van der Waals surface area (Å²) in [6.07, 6.45) is 0. The minimum Gasteiger partial charge on any atom is -0.396 e. The van der Waals surface area contributed by atoms with Crippen LogP contribution in [-0.4, -0.2) is 9.55 Å². The summed E-state index contributed by atoms with van der Waals surface area (Å²) >= 11 is 0. The Labute approximate surface area is 75.0 Å². The average Bonchev–Trinajstić information content (AvgIpc) is 2.32. The second-order valence-corrected chi connectivity index (χ2v) is 3.08. The number of aromatic nitrogens is 2. The Balaban J connectivity index is 2.89. The maximum absolute atomic E-state index is 13.1. The number of hydrogen-bond acceptors (Lipinski definition) is 2. The van der Waals surface area contributed by atoms with E-state index in [0.29, 0.717) is 0 Å². The number of fused-ring (bicyclic) bond motifs is 1. The number of nitrogens with zero attached hydrogens (tertiary/aromatic N) is 2. The summed E-state index contributed by atoms with van der Waals surface area (Å²) in [5.74, 6) is 0.454. The van der Waals surface area contributed by atoms with Crippen LogP contribution in [-0.2, 0) is 7.05 Å². The van der Waals surface area contributed by atoms with E-state index in [0.717, 1.165) is 16.9 Å². The molecule has 0 fully saturated rings. The number of anilines is 1. The van der Waals surface area contributed by atoms with Crippen LogP contribution in [0.2, 0.25) is 0 Å². The van der Waals surface area contributed by atoms with E-state index >= 15 is 0 Å². The molecule has 13 heavy (non-hydrogen) atoms. The highest BCUT2D eigenvalue weighted by Crippen LogP contribution is 2.20. The Morgan fingerprint density at radius 2 is 2.15 bits per heavy atom. The van der Waals surface area contributed by atoms with Crippen molar-refractivity contribution >= 4 is 16.7 Å². The molecule has 0 bridgehead atoms. The Hall–Kier alpha value is -1.58. The monoisotopic (exact) mass is 179 g/mol. The Bertz CT molecular complexity index is 473. The van der Waals surface area contributed by atoms with Crippen LogP contribution >= 0.6 is 0 Å². The molecule has 0 amide bonds. The summed E-state index contributed by atoms with van der Waals surface area (Å²) in [6.45, 7) is 1.87. The van der Waals surface area contributed by atoms with Gasteiger partial charge in [-0.15, -0.1) is 0 Å².